The van der Waals surface area contributed by atoms with Gasteiger partial charge in [0, 0.05) is 5.69 Å². The van der Waals surface area contributed by atoms with Crippen LogP contribution < -0.4 is 5.32 Å². The van der Waals surface area contributed by atoms with Crippen LogP contribution in [0.1, 0.15) is 39.2 Å². The summed E-state index contributed by atoms with van der Waals surface area (Å²) in [4.78, 5) is 23.3. The van der Waals surface area contributed by atoms with E-state index in [4.69, 9.17) is 5.11 Å². The maximum absolute atomic E-state index is 12.2. The third kappa shape index (κ3) is 2.55. The quantitative estimate of drug-likeness (QED) is 0.887. The van der Waals surface area contributed by atoms with Crippen molar-refractivity contribution in [3.63, 3.8) is 0 Å². The van der Waals surface area contributed by atoms with Crippen molar-refractivity contribution in [2.24, 2.45) is 17.3 Å². The van der Waals surface area contributed by atoms with Gasteiger partial charge in [-0.1, -0.05) is 39.8 Å². The van der Waals surface area contributed by atoms with Crippen LogP contribution >= 0.6 is 0 Å². The van der Waals surface area contributed by atoms with E-state index in [1.807, 2.05) is 38.1 Å². The number of rotatable bonds is 4. The Morgan fingerprint density at radius 2 is 1.90 bits per heavy atom. The molecule has 2 rings (SSSR count). The van der Waals surface area contributed by atoms with E-state index >= 15 is 0 Å². The topological polar surface area (TPSA) is 66.4 Å². The van der Waals surface area contributed by atoms with Crippen LogP contribution in [-0.2, 0) is 9.59 Å². The van der Waals surface area contributed by atoms with Gasteiger partial charge in [-0.3, -0.25) is 9.59 Å². The summed E-state index contributed by atoms with van der Waals surface area (Å²) in [5.41, 5.74) is 1.41. The van der Waals surface area contributed by atoms with Gasteiger partial charge in [-0.2, -0.15) is 0 Å². The van der Waals surface area contributed by atoms with Crippen LogP contribution in [0.25, 0.3) is 0 Å². The number of carbonyl (C=O) groups excluding carboxylic acids is 1. The Bertz CT molecular complexity index is 548. The number of amides is 1. The predicted molar refractivity (Wildman–Crippen MR) is 77.6 cm³/mol. The molecule has 2 N–H and O–H groups in total. The number of hydrogen-bond acceptors (Lipinski definition) is 2. The lowest BCUT2D eigenvalue weighted by atomic mass is 10.0. The second-order valence-corrected chi connectivity index (χ2v) is 6.38. The molecule has 1 saturated carbocycles. The number of nitrogens with one attached hydrogen (secondary N) is 1. The summed E-state index contributed by atoms with van der Waals surface area (Å²) in [5, 5.41) is 11.9. The first-order chi connectivity index (χ1) is 9.25. The van der Waals surface area contributed by atoms with Crippen LogP contribution in [0, 0.1) is 17.3 Å². The molecule has 1 aromatic carbocycles. The van der Waals surface area contributed by atoms with Crippen molar-refractivity contribution in [1.82, 2.24) is 0 Å². The molecule has 4 nitrogen and oxygen atoms in total. The van der Waals surface area contributed by atoms with Gasteiger partial charge in [0.15, 0.2) is 0 Å². The highest BCUT2D eigenvalue weighted by Crippen LogP contribution is 2.58. The van der Waals surface area contributed by atoms with Crippen LogP contribution in [0.3, 0.4) is 0 Å². The van der Waals surface area contributed by atoms with Crippen molar-refractivity contribution in [2.45, 2.75) is 33.6 Å². The minimum Gasteiger partial charge on any atom is -0.481 e. The Balaban J connectivity index is 2.10. The van der Waals surface area contributed by atoms with E-state index in [9.17, 15) is 9.59 Å². The van der Waals surface area contributed by atoms with Crippen LogP contribution in [0.5, 0.6) is 0 Å². The van der Waals surface area contributed by atoms with Crippen molar-refractivity contribution >= 4 is 17.6 Å². The average Bonchev–Trinajstić information content (AvgIpc) is 2.93. The van der Waals surface area contributed by atoms with Gasteiger partial charge >= 0.3 is 5.97 Å². The van der Waals surface area contributed by atoms with E-state index in [-0.39, 0.29) is 5.91 Å². The standard InChI is InChI=1S/C16H21NO3/c1-9(2)10-6-5-7-11(8-10)17-14(18)12-13(15(19)20)16(12,3)4/h5-9,12-13H,1-4H3,(H,17,18)(H,19,20)/t12-,13+/m1/s1. The molecule has 0 aromatic heterocycles. The van der Waals surface area contributed by atoms with Gasteiger partial charge in [-0.05, 0) is 29.0 Å². The number of carboxylic acids is 1. The summed E-state index contributed by atoms with van der Waals surface area (Å²) in [6, 6.07) is 7.68. The SMILES string of the molecule is CC(C)c1cccc(NC(=O)[C@H]2[C@@H](C(=O)O)C2(C)C)c1. The molecule has 1 aliphatic rings. The zero-order chi connectivity index (χ0) is 15.1. The number of carboxylic acid groups (broad SMARTS) is 1. The molecule has 1 amide bonds. The molecule has 0 saturated heterocycles. The zero-order valence-corrected chi connectivity index (χ0v) is 12.3. The summed E-state index contributed by atoms with van der Waals surface area (Å²) >= 11 is 0. The van der Waals surface area contributed by atoms with Gasteiger partial charge in [-0.15, -0.1) is 0 Å². The number of benzene rings is 1. The van der Waals surface area contributed by atoms with Gasteiger partial charge in [0.1, 0.15) is 0 Å². The summed E-state index contributed by atoms with van der Waals surface area (Å²) in [6.07, 6.45) is 0. The Kier molecular flexibility index (Phi) is 3.59. The van der Waals surface area contributed by atoms with Crippen LogP contribution in [-0.4, -0.2) is 17.0 Å². The Labute approximate surface area is 119 Å². The molecule has 20 heavy (non-hydrogen) atoms. The van der Waals surface area contributed by atoms with Gasteiger partial charge < -0.3 is 10.4 Å². The smallest absolute Gasteiger partial charge is 0.307 e. The first-order valence-electron chi connectivity index (χ1n) is 6.88. The third-order valence-electron chi connectivity index (χ3n) is 4.20. The van der Waals surface area contributed by atoms with Crippen molar-refractivity contribution in [3.05, 3.63) is 29.8 Å². The molecule has 1 fully saturated rings. The molecule has 2 atom stereocenters. The van der Waals surface area contributed by atoms with E-state index in [2.05, 4.69) is 19.2 Å². The molecule has 1 aliphatic carbocycles. The van der Waals surface area contributed by atoms with Gasteiger partial charge in [-0.25, -0.2) is 0 Å². The predicted octanol–water partition coefficient (Wildman–Crippen LogP) is 3.11. The lowest BCUT2D eigenvalue weighted by Gasteiger charge is -2.10. The second kappa shape index (κ2) is 4.93. The molecule has 4 heteroatoms. The monoisotopic (exact) mass is 275 g/mol. The van der Waals surface area contributed by atoms with E-state index in [0.29, 0.717) is 5.92 Å². The molecule has 0 aliphatic heterocycles. The van der Waals surface area contributed by atoms with Crippen molar-refractivity contribution in [2.75, 3.05) is 5.32 Å². The van der Waals surface area contributed by atoms with E-state index in [1.165, 1.54) is 0 Å². The van der Waals surface area contributed by atoms with Crippen LogP contribution in [0.15, 0.2) is 24.3 Å². The molecule has 0 radical (unpaired) electrons. The fourth-order valence-corrected chi connectivity index (χ4v) is 2.78. The first-order valence-corrected chi connectivity index (χ1v) is 6.88. The third-order valence-corrected chi connectivity index (χ3v) is 4.20. The van der Waals surface area contributed by atoms with Crippen molar-refractivity contribution in [3.8, 4) is 0 Å². The highest BCUT2D eigenvalue weighted by atomic mass is 16.4. The first kappa shape index (κ1) is 14.6. The lowest BCUT2D eigenvalue weighted by Crippen LogP contribution is -2.17. The summed E-state index contributed by atoms with van der Waals surface area (Å²) in [6.45, 7) is 7.82. The van der Waals surface area contributed by atoms with Crippen LogP contribution in [0.4, 0.5) is 5.69 Å². The molecular weight excluding hydrogens is 254 g/mol. The molecule has 0 unspecified atom stereocenters. The highest BCUT2D eigenvalue weighted by molar-refractivity contribution is 5.99. The summed E-state index contributed by atoms with van der Waals surface area (Å²) in [5.74, 6) is -1.76. The maximum atomic E-state index is 12.2. The van der Waals surface area contributed by atoms with Crippen molar-refractivity contribution < 1.29 is 14.7 Å². The fourth-order valence-electron chi connectivity index (χ4n) is 2.78. The Hall–Kier alpha value is -1.84. The summed E-state index contributed by atoms with van der Waals surface area (Å²) in [7, 11) is 0. The number of aliphatic carboxylic acids is 1. The molecule has 0 spiro atoms. The van der Waals surface area contributed by atoms with E-state index < -0.39 is 23.2 Å². The molecule has 0 bridgehead atoms. The molecule has 1 aromatic rings. The second-order valence-electron chi connectivity index (χ2n) is 6.38. The van der Waals surface area contributed by atoms with Gasteiger partial charge in [0.25, 0.3) is 0 Å². The average molecular weight is 275 g/mol. The van der Waals surface area contributed by atoms with E-state index in [0.717, 1.165) is 11.3 Å². The van der Waals surface area contributed by atoms with Gasteiger partial charge in [0.2, 0.25) is 5.91 Å². The normalized spacial score (nSPS) is 23.4. The zero-order valence-electron chi connectivity index (χ0n) is 12.3. The molecular formula is C16H21NO3. The minimum atomic E-state index is -0.897. The Morgan fingerprint density at radius 3 is 2.40 bits per heavy atom. The molecule has 108 valence electrons. The summed E-state index contributed by atoms with van der Waals surface area (Å²) < 4.78 is 0. The highest BCUT2D eigenvalue weighted by Gasteiger charge is 2.65. The molecule has 0 heterocycles. The Morgan fingerprint density at radius 1 is 1.25 bits per heavy atom. The number of carbonyl (C=O) groups is 2. The largest absolute Gasteiger partial charge is 0.481 e. The van der Waals surface area contributed by atoms with Gasteiger partial charge in [0.05, 0.1) is 11.8 Å². The maximum Gasteiger partial charge on any atom is 0.307 e. The fraction of sp³-hybridized carbons (Fsp3) is 0.500. The van der Waals surface area contributed by atoms with Crippen molar-refractivity contribution in [1.29, 1.82) is 0 Å². The number of anilines is 1. The van der Waals surface area contributed by atoms with Crippen LogP contribution in [0.2, 0.25) is 0 Å². The van der Waals surface area contributed by atoms with E-state index in [1.54, 1.807) is 0 Å². The lowest BCUT2D eigenvalue weighted by molar-refractivity contribution is -0.140. The number of hydrogen-bond donors (Lipinski definition) is 2. The minimum absolute atomic E-state index is 0.205.